The van der Waals surface area contributed by atoms with Gasteiger partial charge in [0.15, 0.2) is 0 Å². The molecule has 1 amide bonds. The fraction of sp³-hybridized carbons (Fsp3) is 0.500. The molecule has 0 heterocycles. The van der Waals surface area contributed by atoms with Gasteiger partial charge in [0.2, 0.25) is 5.91 Å². The molecular weight excluding hydrogens is 214 g/mol. The Morgan fingerprint density at radius 1 is 1.35 bits per heavy atom. The molecule has 0 aromatic heterocycles. The minimum absolute atomic E-state index is 0.109. The summed E-state index contributed by atoms with van der Waals surface area (Å²) < 4.78 is 0. The van der Waals surface area contributed by atoms with Crippen LogP contribution in [0.1, 0.15) is 32.3 Å². The first-order valence-electron chi connectivity index (χ1n) is 6.13. The molecule has 3 nitrogen and oxygen atoms in total. The number of carbonyl (C=O) groups excluding carboxylic acids is 1. The van der Waals surface area contributed by atoms with E-state index in [9.17, 15) is 9.90 Å². The molecule has 0 aliphatic heterocycles. The number of benzene rings is 1. The molecule has 0 saturated heterocycles. The molecule has 0 aliphatic carbocycles. The van der Waals surface area contributed by atoms with Crippen LogP contribution in [0, 0.1) is 0 Å². The van der Waals surface area contributed by atoms with Gasteiger partial charge in [-0.1, -0.05) is 30.3 Å². The third-order valence-corrected chi connectivity index (χ3v) is 2.73. The average Bonchev–Trinajstić information content (AvgIpc) is 2.34. The van der Waals surface area contributed by atoms with Crippen LogP contribution in [0.5, 0.6) is 0 Å². The molecule has 1 aromatic rings. The van der Waals surface area contributed by atoms with E-state index in [2.05, 4.69) is 0 Å². The van der Waals surface area contributed by atoms with E-state index in [0.717, 1.165) is 5.56 Å². The molecule has 1 rings (SSSR count). The quantitative estimate of drug-likeness (QED) is 0.821. The standard InChI is InChI=1S/C14H21NO2/c1-3-15(14(17)10-9-12(2)16)11-13-7-5-4-6-8-13/h4-8,12,16H,3,9-11H2,1-2H3. The van der Waals surface area contributed by atoms with Gasteiger partial charge in [-0.2, -0.15) is 0 Å². The summed E-state index contributed by atoms with van der Waals surface area (Å²) in [5.41, 5.74) is 1.14. The van der Waals surface area contributed by atoms with Crippen molar-refractivity contribution in [1.82, 2.24) is 4.90 Å². The lowest BCUT2D eigenvalue weighted by molar-refractivity contribution is -0.132. The van der Waals surface area contributed by atoms with E-state index in [0.29, 0.717) is 25.9 Å². The summed E-state index contributed by atoms with van der Waals surface area (Å²) in [6, 6.07) is 9.96. The molecule has 1 N–H and O–H groups in total. The number of aliphatic hydroxyl groups is 1. The zero-order valence-electron chi connectivity index (χ0n) is 10.6. The molecule has 17 heavy (non-hydrogen) atoms. The first-order valence-corrected chi connectivity index (χ1v) is 6.13. The van der Waals surface area contributed by atoms with Gasteiger partial charge in [0.1, 0.15) is 0 Å². The highest BCUT2D eigenvalue weighted by Gasteiger charge is 2.12. The minimum Gasteiger partial charge on any atom is -0.393 e. The lowest BCUT2D eigenvalue weighted by Gasteiger charge is -2.21. The van der Waals surface area contributed by atoms with Crippen LogP contribution < -0.4 is 0 Å². The molecule has 1 unspecified atom stereocenters. The van der Waals surface area contributed by atoms with Crippen molar-refractivity contribution < 1.29 is 9.90 Å². The first-order chi connectivity index (χ1) is 8.13. The van der Waals surface area contributed by atoms with E-state index in [-0.39, 0.29) is 5.91 Å². The highest BCUT2D eigenvalue weighted by atomic mass is 16.3. The Morgan fingerprint density at radius 2 is 2.00 bits per heavy atom. The Labute approximate surface area is 103 Å². The summed E-state index contributed by atoms with van der Waals surface area (Å²) in [7, 11) is 0. The van der Waals surface area contributed by atoms with Gasteiger partial charge < -0.3 is 10.0 Å². The topological polar surface area (TPSA) is 40.5 Å². The van der Waals surface area contributed by atoms with Crippen molar-refractivity contribution in [3.8, 4) is 0 Å². The summed E-state index contributed by atoms with van der Waals surface area (Å²) in [6.45, 7) is 5.04. The Hall–Kier alpha value is -1.35. The van der Waals surface area contributed by atoms with Gasteiger partial charge in [-0.15, -0.1) is 0 Å². The Bertz CT molecular complexity index is 335. The van der Waals surface area contributed by atoms with Crippen LogP contribution in [0.2, 0.25) is 0 Å². The van der Waals surface area contributed by atoms with Crippen LogP contribution in [0.15, 0.2) is 30.3 Å². The van der Waals surface area contributed by atoms with E-state index in [1.165, 1.54) is 0 Å². The largest absolute Gasteiger partial charge is 0.393 e. The van der Waals surface area contributed by atoms with Gasteiger partial charge in [-0.25, -0.2) is 0 Å². The predicted molar refractivity (Wildman–Crippen MR) is 68.4 cm³/mol. The highest BCUT2D eigenvalue weighted by molar-refractivity contribution is 5.76. The van der Waals surface area contributed by atoms with Crippen LogP contribution in [0.4, 0.5) is 0 Å². The lowest BCUT2D eigenvalue weighted by atomic mass is 10.1. The van der Waals surface area contributed by atoms with Gasteiger partial charge >= 0.3 is 0 Å². The van der Waals surface area contributed by atoms with E-state index >= 15 is 0 Å². The maximum Gasteiger partial charge on any atom is 0.222 e. The van der Waals surface area contributed by atoms with Crippen LogP contribution in [0.25, 0.3) is 0 Å². The number of hydrogen-bond acceptors (Lipinski definition) is 2. The third kappa shape index (κ3) is 5.00. The second kappa shape index (κ2) is 7.07. The zero-order chi connectivity index (χ0) is 12.7. The van der Waals surface area contributed by atoms with Gasteiger partial charge in [-0.05, 0) is 25.8 Å². The van der Waals surface area contributed by atoms with Crippen LogP contribution in [0.3, 0.4) is 0 Å². The molecule has 0 radical (unpaired) electrons. The Balaban J connectivity index is 2.51. The van der Waals surface area contributed by atoms with E-state index in [4.69, 9.17) is 0 Å². The summed E-state index contributed by atoms with van der Waals surface area (Å²) in [4.78, 5) is 13.7. The summed E-state index contributed by atoms with van der Waals surface area (Å²) in [5.74, 6) is 0.109. The smallest absolute Gasteiger partial charge is 0.222 e. The van der Waals surface area contributed by atoms with E-state index < -0.39 is 6.10 Å². The average molecular weight is 235 g/mol. The number of amides is 1. The Kier molecular flexibility index (Phi) is 5.70. The molecule has 94 valence electrons. The monoisotopic (exact) mass is 235 g/mol. The molecule has 1 aromatic carbocycles. The molecule has 0 saturated carbocycles. The van der Waals surface area contributed by atoms with Crippen molar-refractivity contribution in [2.45, 2.75) is 39.3 Å². The molecule has 3 heteroatoms. The summed E-state index contributed by atoms with van der Waals surface area (Å²) >= 11 is 0. The number of rotatable bonds is 6. The van der Waals surface area contributed by atoms with Gasteiger partial charge in [0.05, 0.1) is 6.10 Å². The molecule has 0 fully saturated rings. The van der Waals surface area contributed by atoms with E-state index in [1.54, 1.807) is 6.92 Å². The van der Waals surface area contributed by atoms with Crippen molar-refractivity contribution in [2.24, 2.45) is 0 Å². The summed E-state index contributed by atoms with van der Waals surface area (Å²) in [5, 5.41) is 9.17. The number of aliphatic hydroxyl groups excluding tert-OH is 1. The fourth-order valence-corrected chi connectivity index (χ4v) is 1.67. The van der Waals surface area contributed by atoms with Gasteiger partial charge in [0, 0.05) is 19.5 Å². The minimum atomic E-state index is -0.408. The predicted octanol–water partition coefficient (Wildman–Crippen LogP) is 2.20. The van der Waals surface area contributed by atoms with Crippen LogP contribution >= 0.6 is 0 Å². The normalized spacial score (nSPS) is 12.2. The molecule has 0 aliphatic rings. The van der Waals surface area contributed by atoms with Crippen molar-refractivity contribution in [2.75, 3.05) is 6.54 Å². The number of nitrogens with zero attached hydrogens (tertiary/aromatic N) is 1. The van der Waals surface area contributed by atoms with Crippen molar-refractivity contribution >= 4 is 5.91 Å². The Morgan fingerprint density at radius 3 is 2.53 bits per heavy atom. The lowest BCUT2D eigenvalue weighted by Crippen LogP contribution is -2.30. The zero-order valence-corrected chi connectivity index (χ0v) is 10.6. The highest BCUT2D eigenvalue weighted by Crippen LogP contribution is 2.07. The summed E-state index contributed by atoms with van der Waals surface area (Å²) in [6.07, 6.45) is 0.539. The molecule has 1 atom stereocenters. The second-order valence-electron chi connectivity index (χ2n) is 4.28. The maximum atomic E-state index is 11.9. The molecular formula is C14H21NO2. The third-order valence-electron chi connectivity index (χ3n) is 2.73. The van der Waals surface area contributed by atoms with Crippen LogP contribution in [-0.2, 0) is 11.3 Å². The number of carbonyl (C=O) groups is 1. The van der Waals surface area contributed by atoms with Crippen molar-refractivity contribution in [3.63, 3.8) is 0 Å². The van der Waals surface area contributed by atoms with Crippen molar-refractivity contribution in [1.29, 1.82) is 0 Å². The second-order valence-corrected chi connectivity index (χ2v) is 4.28. The van der Waals surface area contributed by atoms with Gasteiger partial charge in [-0.3, -0.25) is 4.79 Å². The van der Waals surface area contributed by atoms with Gasteiger partial charge in [0.25, 0.3) is 0 Å². The van der Waals surface area contributed by atoms with Crippen LogP contribution in [-0.4, -0.2) is 28.6 Å². The molecule has 0 spiro atoms. The fourth-order valence-electron chi connectivity index (χ4n) is 1.67. The van der Waals surface area contributed by atoms with E-state index in [1.807, 2.05) is 42.2 Å². The number of hydrogen-bond donors (Lipinski definition) is 1. The van der Waals surface area contributed by atoms with Crippen molar-refractivity contribution in [3.05, 3.63) is 35.9 Å². The maximum absolute atomic E-state index is 11.9. The first kappa shape index (κ1) is 13.7. The SMILES string of the molecule is CCN(Cc1ccccc1)C(=O)CCC(C)O. The molecule has 0 bridgehead atoms.